The summed E-state index contributed by atoms with van der Waals surface area (Å²) in [5.74, 6) is 1.68. The monoisotopic (exact) mass is 385 g/mol. The average Bonchev–Trinajstić information content (AvgIpc) is 2.47. The highest BCUT2D eigenvalue weighted by atomic mass is 79.9. The molecule has 0 amide bonds. The van der Waals surface area contributed by atoms with Crippen LogP contribution >= 0.6 is 39.3 Å². The van der Waals surface area contributed by atoms with Gasteiger partial charge in [0.15, 0.2) is 0 Å². The number of methoxy groups -OCH3 is 1. The predicted molar refractivity (Wildman–Crippen MR) is 94.5 cm³/mol. The van der Waals surface area contributed by atoms with Crippen LogP contribution in [0.2, 0.25) is 5.02 Å². The number of thioether (sulfide) groups is 1. The van der Waals surface area contributed by atoms with Gasteiger partial charge in [-0.2, -0.15) is 0 Å². The molecule has 2 aromatic rings. The molecule has 0 heterocycles. The second-order valence-corrected chi connectivity index (χ2v) is 7.13. The zero-order valence-electron chi connectivity index (χ0n) is 11.7. The van der Waals surface area contributed by atoms with E-state index in [4.69, 9.17) is 22.1 Å². The lowest BCUT2D eigenvalue weighted by atomic mass is 10.1. The lowest BCUT2D eigenvalue weighted by molar-refractivity contribution is 0.408. The highest BCUT2D eigenvalue weighted by Crippen LogP contribution is 2.26. The summed E-state index contributed by atoms with van der Waals surface area (Å²) in [6.07, 6.45) is 0.743. The van der Waals surface area contributed by atoms with Crippen LogP contribution in [0, 0.1) is 0 Å². The Bertz CT molecular complexity index is 591. The van der Waals surface area contributed by atoms with Crippen LogP contribution in [0.1, 0.15) is 5.56 Å². The third-order valence-corrected chi connectivity index (χ3v) is 4.97. The molecule has 0 saturated heterocycles. The van der Waals surface area contributed by atoms with Crippen molar-refractivity contribution in [3.05, 3.63) is 57.5 Å². The zero-order valence-corrected chi connectivity index (χ0v) is 14.8. The average molecular weight is 387 g/mol. The lowest BCUT2D eigenvalue weighted by Crippen LogP contribution is -2.25. The van der Waals surface area contributed by atoms with Crippen molar-refractivity contribution < 1.29 is 4.74 Å². The standard InChI is InChI=1S/C16H17BrClNOS/c1-20-16-7-4-13(18)8-11(16)9-14(19)10-21-15-5-2-12(17)3-6-15/h2-8,14H,9-10,19H2,1H3. The quantitative estimate of drug-likeness (QED) is 0.726. The summed E-state index contributed by atoms with van der Waals surface area (Å²) >= 11 is 11.2. The molecular weight excluding hydrogens is 370 g/mol. The zero-order chi connectivity index (χ0) is 15.2. The molecular formula is C16H17BrClNOS. The molecule has 1 unspecified atom stereocenters. The van der Waals surface area contributed by atoms with Gasteiger partial charge in [-0.25, -0.2) is 0 Å². The summed E-state index contributed by atoms with van der Waals surface area (Å²) < 4.78 is 6.43. The van der Waals surface area contributed by atoms with E-state index in [1.165, 1.54) is 4.90 Å². The van der Waals surface area contributed by atoms with Crippen molar-refractivity contribution in [2.24, 2.45) is 5.73 Å². The Hall–Kier alpha value is -0.680. The molecule has 0 fully saturated rings. The molecule has 5 heteroatoms. The molecule has 0 aromatic heterocycles. The molecule has 0 saturated carbocycles. The van der Waals surface area contributed by atoms with E-state index in [0.717, 1.165) is 28.0 Å². The Morgan fingerprint density at radius 3 is 2.62 bits per heavy atom. The first-order chi connectivity index (χ1) is 10.1. The van der Waals surface area contributed by atoms with Crippen LogP contribution in [0.5, 0.6) is 5.75 Å². The van der Waals surface area contributed by atoms with Crippen molar-refractivity contribution in [1.29, 1.82) is 0 Å². The first-order valence-corrected chi connectivity index (χ1v) is 8.70. The van der Waals surface area contributed by atoms with Crippen LogP contribution in [-0.4, -0.2) is 18.9 Å². The van der Waals surface area contributed by atoms with E-state index in [9.17, 15) is 0 Å². The van der Waals surface area contributed by atoms with Crippen LogP contribution in [-0.2, 0) is 6.42 Å². The first-order valence-electron chi connectivity index (χ1n) is 6.55. The van der Waals surface area contributed by atoms with E-state index in [0.29, 0.717) is 5.02 Å². The van der Waals surface area contributed by atoms with E-state index in [1.54, 1.807) is 18.9 Å². The Kier molecular flexibility index (Phi) is 6.42. The smallest absolute Gasteiger partial charge is 0.122 e. The topological polar surface area (TPSA) is 35.2 Å². The van der Waals surface area contributed by atoms with E-state index >= 15 is 0 Å². The Labute approximate surface area is 143 Å². The van der Waals surface area contributed by atoms with E-state index in [1.807, 2.05) is 30.3 Å². The first kappa shape index (κ1) is 16.7. The van der Waals surface area contributed by atoms with Crippen LogP contribution in [0.25, 0.3) is 0 Å². The van der Waals surface area contributed by atoms with Gasteiger partial charge in [0.2, 0.25) is 0 Å². The van der Waals surface area contributed by atoms with Crippen molar-refractivity contribution in [2.75, 3.05) is 12.9 Å². The van der Waals surface area contributed by atoms with E-state index in [2.05, 4.69) is 28.1 Å². The molecule has 0 aliphatic carbocycles. The number of halogens is 2. The maximum atomic E-state index is 6.23. The molecule has 0 radical (unpaired) electrons. The van der Waals surface area contributed by atoms with Gasteiger partial charge in [0, 0.05) is 26.2 Å². The number of nitrogens with two attached hydrogens (primary N) is 1. The van der Waals surface area contributed by atoms with Crippen LogP contribution < -0.4 is 10.5 Å². The van der Waals surface area contributed by atoms with Gasteiger partial charge in [0.05, 0.1) is 7.11 Å². The Morgan fingerprint density at radius 1 is 1.24 bits per heavy atom. The molecule has 2 nitrogen and oxygen atoms in total. The second-order valence-electron chi connectivity index (χ2n) is 4.69. The molecule has 2 aromatic carbocycles. The second kappa shape index (κ2) is 8.08. The van der Waals surface area contributed by atoms with Gasteiger partial charge >= 0.3 is 0 Å². The molecule has 1 atom stereocenters. The van der Waals surface area contributed by atoms with Gasteiger partial charge in [0.25, 0.3) is 0 Å². The summed E-state index contributed by atoms with van der Waals surface area (Å²) in [4.78, 5) is 1.21. The normalized spacial score (nSPS) is 12.2. The Balaban J connectivity index is 1.94. The van der Waals surface area contributed by atoms with Crippen LogP contribution in [0.15, 0.2) is 51.8 Å². The maximum absolute atomic E-state index is 6.23. The van der Waals surface area contributed by atoms with Gasteiger partial charge in [0.1, 0.15) is 5.75 Å². The van der Waals surface area contributed by atoms with Gasteiger partial charge in [-0.3, -0.25) is 0 Å². The van der Waals surface area contributed by atoms with Crippen molar-refractivity contribution in [3.63, 3.8) is 0 Å². The highest BCUT2D eigenvalue weighted by molar-refractivity contribution is 9.10. The van der Waals surface area contributed by atoms with Gasteiger partial charge < -0.3 is 10.5 Å². The maximum Gasteiger partial charge on any atom is 0.122 e. The van der Waals surface area contributed by atoms with Gasteiger partial charge in [-0.05, 0) is 54.4 Å². The van der Waals surface area contributed by atoms with Crippen LogP contribution in [0.3, 0.4) is 0 Å². The fraction of sp³-hybridized carbons (Fsp3) is 0.250. The molecule has 0 spiro atoms. The predicted octanol–water partition coefficient (Wildman–Crippen LogP) is 4.77. The fourth-order valence-electron chi connectivity index (χ4n) is 1.98. The summed E-state index contributed by atoms with van der Waals surface area (Å²) in [6, 6.07) is 13.9. The lowest BCUT2D eigenvalue weighted by Gasteiger charge is -2.14. The van der Waals surface area contributed by atoms with Crippen molar-refractivity contribution in [3.8, 4) is 5.75 Å². The third kappa shape index (κ3) is 5.22. The Morgan fingerprint density at radius 2 is 1.95 bits per heavy atom. The summed E-state index contributed by atoms with van der Waals surface area (Å²) in [5.41, 5.74) is 7.28. The number of benzene rings is 2. The highest BCUT2D eigenvalue weighted by Gasteiger charge is 2.10. The van der Waals surface area contributed by atoms with Gasteiger partial charge in [-0.15, -0.1) is 11.8 Å². The number of ether oxygens (including phenoxy) is 1. The molecule has 0 aliphatic rings. The van der Waals surface area contributed by atoms with Gasteiger partial charge in [-0.1, -0.05) is 27.5 Å². The molecule has 21 heavy (non-hydrogen) atoms. The number of hydrogen-bond donors (Lipinski definition) is 1. The van der Waals surface area contributed by atoms with E-state index in [-0.39, 0.29) is 6.04 Å². The molecule has 2 rings (SSSR count). The number of hydrogen-bond acceptors (Lipinski definition) is 3. The minimum Gasteiger partial charge on any atom is -0.496 e. The van der Waals surface area contributed by atoms with Crippen molar-refractivity contribution >= 4 is 39.3 Å². The van der Waals surface area contributed by atoms with Crippen molar-refractivity contribution in [2.45, 2.75) is 17.4 Å². The molecule has 0 bridgehead atoms. The molecule has 0 aliphatic heterocycles. The molecule has 2 N–H and O–H groups in total. The van der Waals surface area contributed by atoms with E-state index < -0.39 is 0 Å². The molecule has 112 valence electrons. The summed E-state index contributed by atoms with van der Waals surface area (Å²) in [6.45, 7) is 0. The third-order valence-electron chi connectivity index (χ3n) is 3.00. The summed E-state index contributed by atoms with van der Waals surface area (Å²) in [7, 11) is 1.66. The number of rotatable bonds is 6. The van der Waals surface area contributed by atoms with Crippen LogP contribution in [0.4, 0.5) is 0 Å². The minimum atomic E-state index is 0.0472. The fourth-order valence-corrected chi connectivity index (χ4v) is 3.29. The minimum absolute atomic E-state index is 0.0472. The SMILES string of the molecule is COc1ccc(Cl)cc1CC(N)CSc1ccc(Br)cc1. The largest absolute Gasteiger partial charge is 0.496 e. The van der Waals surface area contributed by atoms with Crippen molar-refractivity contribution in [1.82, 2.24) is 0 Å². The summed E-state index contributed by atoms with van der Waals surface area (Å²) in [5, 5.41) is 0.707.